The largest absolute Gasteiger partial charge is 0.441 e. The maximum atomic E-state index is 12.4. The third kappa shape index (κ3) is 5.31. The summed E-state index contributed by atoms with van der Waals surface area (Å²) in [4.78, 5) is 12.4. The fourth-order valence-electron chi connectivity index (χ4n) is 2.78. The molecule has 0 saturated carbocycles. The summed E-state index contributed by atoms with van der Waals surface area (Å²) in [6, 6.07) is 13.6. The van der Waals surface area contributed by atoms with E-state index in [0.29, 0.717) is 39.0 Å². The molecule has 0 aliphatic rings. The Morgan fingerprint density at radius 1 is 1.17 bits per heavy atom. The number of anilines is 2. The van der Waals surface area contributed by atoms with Gasteiger partial charge in [-0.2, -0.15) is 0 Å². The number of hydrogen-bond acceptors (Lipinski definition) is 6. The highest BCUT2D eigenvalue weighted by Crippen LogP contribution is 2.32. The Labute approximate surface area is 179 Å². The van der Waals surface area contributed by atoms with Crippen molar-refractivity contribution < 1.29 is 22.5 Å². The number of carbonyl (C=O) groups is 1. The van der Waals surface area contributed by atoms with Gasteiger partial charge in [0.15, 0.2) is 5.76 Å². The summed E-state index contributed by atoms with van der Waals surface area (Å²) >= 11 is 6.15. The molecule has 1 amide bonds. The van der Waals surface area contributed by atoms with Crippen molar-refractivity contribution >= 4 is 39.1 Å². The number of aryl methyl sites for hydroxylation is 1. The predicted molar refractivity (Wildman–Crippen MR) is 115 cm³/mol. The Morgan fingerprint density at radius 2 is 1.83 bits per heavy atom. The molecule has 8 nitrogen and oxygen atoms in total. The first-order valence-electron chi connectivity index (χ1n) is 8.90. The van der Waals surface area contributed by atoms with Crippen molar-refractivity contribution in [1.82, 2.24) is 5.16 Å². The summed E-state index contributed by atoms with van der Waals surface area (Å²) in [5, 5.41) is 7.06. The monoisotopic (exact) mass is 449 g/mol. The van der Waals surface area contributed by atoms with E-state index in [0.717, 1.165) is 6.26 Å². The van der Waals surface area contributed by atoms with Crippen molar-refractivity contribution in [2.75, 3.05) is 16.3 Å². The molecule has 0 aliphatic carbocycles. The molecule has 3 rings (SSSR count). The van der Waals surface area contributed by atoms with Gasteiger partial charge in [-0.25, -0.2) is 13.2 Å². The number of benzene rings is 2. The Balaban J connectivity index is 1.76. The maximum absolute atomic E-state index is 12.4. The zero-order valence-corrected chi connectivity index (χ0v) is 18.0. The molecular weight excluding hydrogens is 430 g/mol. The second kappa shape index (κ2) is 8.76. The third-order valence-corrected chi connectivity index (χ3v) is 5.12. The zero-order chi connectivity index (χ0) is 21.9. The van der Waals surface area contributed by atoms with Gasteiger partial charge in [-0.05, 0) is 44.2 Å². The second-order valence-electron chi connectivity index (χ2n) is 6.62. The van der Waals surface area contributed by atoms with Crippen LogP contribution in [0.5, 0.6) is 0 Å². The second-order valence-corrected chi connectivity index (χ2v) is 8.77. The Hall–Kier alpha value is -3.04. The molecule has 3 aromatic rings. The quantitative estimate of drug-likeness (QED) is 0.548. The molecule has 0 bridgehead atoms. The molecule has 0 saturated heterocycles. The number of carbonyl (C=O) groups excluding carboxylic acids is 1. The lowest BCUT2D eigenvalue weighted by atomic mass is 10.1. The van der Waals surface area contributed by atoms with Crippen molar-refractivity contribution in [3.8, 4) is 11.3 Å². The van der Waals surface area contributed by atoms with Crippen LogP contribution in [-0.4, -0.2) is 25.9 Å². The van der Waals surface area contributed by atoms with Gasteiger partial charge in [0.1, 0.15) is 17.5 Å². The highest BCUT2D eigenvalue weighted by molar-refractivity contribution is 7.92. The van der Waals surface area contributed by atoms with E-state index in [1.807, 2.05) is 6.07 Å². The minimum absolute atomic E-state index is 0.320. The lowest BCUT2D eigenvalue weighted by molar-refractivity contribution is 0.121. The number of aromatic nitrogens is 1. The van der Waals surface area contributed by atoms with Crippen molar-refractivity contribution in [1.29, 1.82) is 0 Å². The van der Waals surface area contributed by atoms with E-state index in [2.05, 4.69) is 15.2 Å². The number of ether oxygens (including phenoxy) is 1. The molecule has 30 heavy (non-hydrogen) atoms. The van der Waals surface area contributed by atoms with Crippen molar-refractivity contribution in [2.45, 2.75) is 20.0 Å². The van der Waals surface area contributed by atoms with Crippen LogP contribution in [0.4, 0.5) is 16.2 Å². The molecular formula is C20H20ClN3O5S. The molecule has 158 valence electrons. The molecule has 0 aliphatic heterocycles. The minimum atomic E-state index is -3.38. The molecule has 1 unspecified atom stereocenters. The van der Waals surface area contributed by atoms with Crippen LogP contribution in [0.2, 0.25) is 5.02 Å². The van der Waals surface area contributed by atoms with Crippen LogP contribution in [0.1, 0.15) is 24.3 Å². The predicted octanol–water partition coefficient (Wildman–Crippen LogP) is 4.98. The number of amides is 1. The SMILES string of the molecule is Cc1noc(-c2ccc(NS(C)(=O)=O)cc2)c1NC(=O)OC(C)c1ccccc1Cl. The Morgan fingerprint density at radius 3 is 2.47 bits per heavy atom. The van der Waals surface area contributed by atoms with Crippen LogP contribution in [0, 0.1) is 6.92 Å². The fourth-order valence-corrected chi connectivity index (χ4v) is 3.63. The van der Waals surface area contributed by atoms with Gasteiger partial charge in [0, 0.05) is 21.8 Å². The molecule has 1 heterocycles. The van der Waals surface area contributed by atoms with Gasteiger partial charge in [0.2, 0.25) is 10.0 Å². The number of halogens is 1. The fraction of sp³-hybridized carbons (Fsp3) is 0.200. The summed E-state index contributed by atoms with van der Waals surface area (Å²) in [5.74, 6) is 0.320. The maximum Gasteiger partial charge on any atom is 0.412 e. The Bertz CT molecular complexity index is 1160. The highest BCUT2D eigenvalue weighted by Gasteiger charge is 2.20. The minimum Gasteiger partial charge on any atom is -0.441 e. The lowest BCUT2D eigenvalue weighted by Crippen LogP contribution is -2.17. The average molecular weight is 450 g/mol. The van der Waals surface area contributed by atoms with E-state index in [9.17, 15) is 13.2 Å². The molecule has 0 fully saturated rings. The van der Waals surface area contributed by atoms with Gasteiger partial charge in [0.25, 0.3) is 0 Å². The molecule has 2 N–H and O–H groups in total. The molecule has 1 atom stereocenters. The van der Waals surface area contributed by atoms with E-state index in [1.54, 1.807) is 56.3 Å². The first kappa shape index (κ1) is 21.7. The van der Waals surface area contributed by atoms with E-state index in [1.165, 1.54) is 0 Å². The smallest absolute Gasteiger partial charge is 0.412 e. The van der Waals surface area contributed by atoms with Gasteiger partial charge in [-0.1, -0.05) is 35.0 Å². The van der Waals surface area contributed by atoms with Gasteiger partial charge >= 0.3 is 6.09 Å². The van der Waals surface area contributed by atoms with Crippen LogP contribution in [-0.2, 0) is 14.8 Å². The number of rotatable bonds is 6. The first-order valence-corrected chi connectivity index (χ1v) is 11.2. The van der Waals surface area contributed by atoms with Gasteiger partial charge in [-0.15, -0.1) is 0 Å². The van der Waals surface area contributed by atoms with Crippen LogP contribution >= 0.6 is 11.6 Å². The van der Waals surface area contributed by atoms with Crippen LogP contribution in [0.25, 0.3) is 11.3 Å². The van der Waals surface area contributed by atoms with Crippen LogP contribution < -0.4 is 10.0 Å². The first-order chi connectivity index (χ1) is 14.1. The summed E-state index contributed by atoms with van der Waals surface area (Å²) in [7, 11) is -3.38. The van der Waals surface area contributed by atoms with Gasteiger partial charge in [0.05, 0.1) is 6.26 Å². The molecule has 2 aromatic carbocycles. The summed E-state index contributed by atoms with van der Waals surface area (Å²) in [5.41, 5.74) is 2.51. The van der Waals surface area contributed by atoms with E-state index >= 15 is 0 Å². The standard InChI is InChI=1S/C20H20ClN3O5S/c1-12-18(22-20(25)28-13(2)16-6-4-5-7-17(16)21)19(29-23-12)14-8-10-15(11-9-14)24-30(3,26)27/h4-11,13,24H,1-3H3,(H,22,25). The van der Waals surface area contributed by atoms with Crippen molar-refractivity contribution in [3.63, 3.8) is 0 Å². The number of sulfonamides is 1. The van der Waals surface area contributed by atoms with Crippen molar-refractivity contribution in [2.24, 2.45) is 0 Å². The molecule has 1 aromatic heterocycles. The Kier molecular flexibility index (Phi) is 6.33. The van der Waals surface area contributed by atoms with Gasteiger partial charge < -0.3 is 9.26 Å². The average Bonchev–Trinajstić information content (AvgIpc) is 3.02. The topological polar surface area (TPSA) is 111 Å². The van der Waals surface area contributed by atoms with Crippen molar-refractivity contribution in [3.05, 3.63) is 64.8 Å². The molecule has 10 heteroatoms. The number of nitrogens with zero attached hydrogens (tertiary/aromatic N) is 1. The van der Waals surface area contributed by atoms with Crippen LogP contribution in [0.3, 0.4) is 0 Å². The van der Waals surface area contributed by atoms with Crippen LogP contribution in [0.15, 0.2) is 53.1 Å². The molecule has 0 spiro atoms. The number of hydrogen-bond donors (Lipinski definition) is 2. The third-order valence-electron chi connectivity index (χ3n) is 4.17. The summed E-state index contributed by atoms with van der Waals surface area (Å²) in [6.45, 7) is 3.40. The van der Waals surface area contributed by atoms with Gasteiger partial charge in [-0.3, -0.25) is 10.0 Å². The van der Waals surface area contributed by atoms with E-state index in [-0.39, 0.29) is 0 Å². The lowest BCUT2D eigenvalue weighted by Gasteiger charge is -2.15. The summed E-state index contributed by atoms with van der Waals surface area (Å²) < 4.78 is 35.8. The normalized spacial score (nSPS) is 12.3. The zero-order valence-electron chi connectivity index (χ0n) is 16.5. The number of nitrogens with one attached hydrogen (secondary N) is 2. The van der Waals surface area contributed by atoms with E-state index in [4.69, 9.17) is 20.9 Å². The highest BCUT2D eigenvalue weighted by atomic mass is 35.5. The van der Waals surface area contributed by atoms with E-state index < -0.39 is 22.2 Å². The summed E-state index contributed by atoms with van der Waals surface area (Å²) in [6.07, 6.45) is -0.188. The molecule has 0 radical (unpaired) electrons.